The zero-order chi connectivity index (χ0) is 15.5. The average molecular weight is 297 g/mol. The Kier molecular flexibility index (Phi) is 4.36. The summed E-state index contributed by atoms with van der Waals surface area (Å²) in [5, 5.41) is 0. The van der Waals surface area contributed by atoms with Crippen LogP contribution >= 0.6 is 0 Å². The molecule has 0 bridgehead atoms. The van der Waals surface area contributed by atoms with Crippen molar-refractivity contribution in [2.75, 3.05) is 13.1 Å². The largest absolute Gasteiger partial charge is 0.339 e. The number of likely N-dealkylation sites (tertiary alicyclic amines) is 1. The molecule has 0 atom stereocenters. The number of hydrogen-bond donors (Lipinski definition) is 0. The zero-order valence-corrected chi connectivity index (χ0v) is 13.4. The Labute approximate surface area is 131 Å². The van der Waals surface area contributed by atoms with E-state index in [1.165, 1.54) is 19.3 Å². The molecule has 1 fully saturated rings. The fourth-order valence-electron chi connectivity index (χ4n) is 3.00. The number of nitrogens with zero attached hydrogens (tertiary/aromatic N) is 3. The molecule has 4 nitrogen and oxygen atoms in total. The van der Waals surface area contributed by atoms with Gasteiger partial charge in [0.1, 0.15) is 0 Å². The molecule has 4 heteroatoms. The van der Waals surface area contributed by atoms with Gasteiger partial charge in [0.15, 0.2) is 0 Å². The number of aromatic nitrogens is 2. The lowest BCUT2D eigenvalue weighted by atomic mass is 10.1. The summed E-state index contributed by atoms with van der Waals surface area (Å²) < 4.78 is 0. The van der Waals surface area contributed by atoms with E-state index in [0.29, 0.717) is 0 Å². The van der Waals surface area contributed by atoms with Crippen molar-refractivity contribution < 1.29 is 4.79 Å². The molecular formula is C18H23N3O. The monoisotopic (exact) mass is 297 g/mol. The van der Waals surface area contributed by atoms with Crippen LogP contribution in [-0.2, 0) is 0 Å². The number of carbonyl (C=O) groups excluding carboxylic acids is 1. The molecule has 0 radical (unpaired) electrons. The molecule has 116 valence electrons. The zero-order valence-electron chi connectivity index (χ0n) is 13.4. The summed E-state index contributed by atoms with van der Waals surface area (Å²) in [5.41, 5.74) is 4.25. The molecule has 22 heavy (non-hydrogen) atoms. The van der Waals surface area contributed by atoms with Crippen LogP contribution in [0.15, 0.2) is 18.2 Å². The first-order valence-electron chi connectivity index (χ1n) is 8.19. The summed E-state index contributed by atoms with van der Waals surface area (Å²) in [4.78, 5) is 23.8. The van der Waals surface area contributed by atoms with Gasteiger partial charge in [-0.25, -0.2) is 9.97 Å². The molecule has 2 aromatic rings. The summed E-state index contributed by atoms with van der Waals surface area (Å²) in [6.07, 6.45) is 5.97. The predicted octanol–water partition coefficient (Wildman–Crippen LogP) is 3.65. The van der Waals surface area contributed by atoms with E-state index in [-0.39, 0.29) is 5.91 Å². The third kappa shape index (κ3) is 3.11. The molecule has 0 spiro atoms. The molecule has 1 aliphatic rings. The smallest absolute Gasteiger partial charge is 0.253 e. The van der Waals surface area contributed by atoms with Crippen molar-refractivity contribution in [1.29, 1.82) is 0 Å². The Bertz CT molecular complexity index is 688. The van der Waals surface area contributed by atoms with Gasteiger partial charge >= 0.3 is 0 Å². The Morgan fingerprint density at radius 3 is 2.18 bits per heavy atom. The van der Waals surface area contributed by atoms with Gasteiger partial charge in [-0.15, -0.1) is 0 Å². The molecule has 0 N–H and O–H groups in total. The van der Waals surface area contributed by atoms with Crippen LogP contribution in [0.5, 0.6) is 0 Å². The second-order valence-corrected chi connectivity index (χ2v) is 6.16. The lowest BCUT2D eigenvalue weighted by Gasteiger charge is -2.25. The van der Waals surface area contributed by atoms with E-state index in [1.807, 2.05) is 36.9 Å². The highest BCUT2D eigenvalue weighted by molar-refractivity contribution is 5.97. The second-order valence-electron chi connectivity index (χ2n) is 6.16. The first-order valence-corrected chi connectivity index (χ1v) is 8.19. The molecule has 1 saturated heterocycles. The van der Waals surface area contributed by atoms with Gasteiger partial charge in [-0.05, 0) is 44.9 Å². The quantitative estimate of drug-likeness (QED) is 0.807. The van der Waals surface area contributed by atoms with Crippen molar-refractivity contribution in [1.82, 2.24) is 14.9 Å². The van der Waals surface area contributed by atoms with Gasteiger partial charge in [0.2, 0.25) is 0 Å². The van der Waals surface area contributed by atoms with Crippen LogP contribution < -0.4 is 0 Å². The molecule has 1 aromatic carbocycles. The maximum Gasteiger partial charge on any atom is 0.253 e. The number of hydrogen-bond acceptors (Lipinski definition) is 3. The molecule has 2 heterocycles. The first kappa shape index (κ1) is 14.9. The number of fused-ring (bicyclic) bond motifs is 1. The highest BCUT2D eigenvalue weighted by Gasteiger charge is 2.17. The minimum atomic E-state index is 0.129. The molecule has 3 rings (SSSR count). The van der Waals surface area contributed by atoms with Crippen LogP contribution in [-0.4, -0.2) is 33.9 Å². The van der Waals surface area contributed by atoms with E-state index >= 15 is 0 Å². The predicted molar refractivity (Wildman–Crippen MR) is 88.0 cm³/mol. The second kappa shape index (κ2) is 6.42. The van der Waals surface area contributed by atoms with Gasteiger partial charge < -0.3 is 4.90 Å². The van der Waals surface area contributed by atoms with Crippen LogP contribution in [0.2, 0.25) is 0 Å². The van der Waals surface area contributed by atoms with Crippen LogP contribution in [0.4, 0.5) is 0 Å². The van der Waals surface area contributed by atoms with Crippen molar-refractivity contribution in [2.24, 2.45) is 0 Å². The lowest BCUT2D eigenvalue weighted by molar-refractivity contribution is 0.0742. The Morgan fingerprint density at radius 1 is 0.909 bits per heavy atom. The molecular weight excluding hydrogens is 274 g/mol. The van der Waals surface area contributed by atoms with Gasteiger partial charge in [0.25, 0.3) is 5.91 Å². The van der Waals surface area contributed by atoms with Crippen molar-refractivity contribution in [3.8, 4) is 0 Å². The minimum Gasteiger partial charge on any atom is -0.339 e. The topological polar surface area (TPSA) is 46.1 Å². The Hall–Kier alpha value is -1.97. The standard InChI is InChI=1S/C18H23N3O/c1-13-14(2)20-17-12-15(8-9-16(17)19-13)18(22)21-10-6-4-3-5-7-11-21/h8-9,12H,3-7,10-11H2,1-2H3. The van der Waals surface area contributed by atoms with E-state index < -0.39 is 0 Å². The van der Waals surface area contributed by atoms with E-state index in [0.717, 1.165) is 53.9 Å². The number of amides is 1. The summed E-state index contributed by atoms with van der Waals surface area (Å²) >= 11 is 0. The van der Waals surface area contributed by atoms with Crippen LogP contribution in [0.1, 0.15) is 53.8 Å². The van der Waals surface area contributed by atoms with Crippen molar-refractivity contribution in [3.05, 3.63) is 35.2 Å². The van der Waals surface area contributed by atoms with Gasteiger partial charge in [-0.1, -0.05) is 19.3 Å². The van der Waals surface area contributed by atoms with Gasteiger partial charge in [-0.2, -0.15) is 0 Å². The fourth-order valence-corrected chi connectivity index (χ4v) is 3.00. The number of aryl methyl sites for hydroxylation is 2. The third-order valence-corrected chi connectivity index (χ3v) is 4.47. The third-order valence-electron chi connectivity index (χ3n) is 4.47. The Morgan fingerprint density at radius 2 is 1.50 bits per heavy atom. The van der Waals surface area contributed by atoms with E-state index in [4.69, 9.17) is 0 Å². The van der Waals surface area contributed by atoms with Crippen molar-refractivity contribution >= 4 is 16.9 Å². The van der Waals surface area contributed by atoms with Crippen molar-refractivity contribution in [3.63, 3.8) is 0 Å². The van der Waals surface area contributed by atoms with Gasteiger partial charge in [-0.3, -0.25) is 4.79 Å². The van der Waals surface area contributed by atoms with E-state index in [2.05, 4.69) is 9.97 Å². The van der Waals surface area contributed by atoms with E-state index in [1.54, 1.807) is 0 Å². The van der Waals surface area contributed by atoms with E-state index in [9.17, 15) is 4.79 Å². The van der Waals surface area contributed by atoms with Gasteiger partial charge in [0.05, 0.1) is 22.4 Å². The lowest BCUT2D eigenvalue weighted by Crippen LogP contribution is -2.33. The maximum absolute atomic E-state index is 12.7. The van der Waals surface area contributed by atoms with Gasteiger partial charge in [0, 0.05) is 18.7 Å². The number of benzene rings is 1. The molecule has 1 aromatic heterocycles. The minimum absolute atomic E-state index is 0.129. The summed E-state index contributed by atoms with van der Waals surface area (Å²) in [5.74, 6) is 0.129. The Balaban J connectivity index is 1.88. The molecule has 1 amide bonds. The maximum atomic E-state index is 12.7. The van der Waals surface area contributed by atoms with Crippen LogP contribution in [0.25, 0.3) is 11.0 Å². The molecule has 0 saturated carbocycles. The summed E-state index contributed by atoms with van der Waals surface area (Å²) in [7, 11) is 0. The van der Waals surface area contributed by atoms with Crippen molar-refractivity contribution in [2.45, 2.75) is 46.0 Å². The normalized spacial score (nSPS) is 16.4. The first-order chi connectivity index (χ1) is 10.6. The fraction of sp³-hybridized carbons (Fsp3) is 0.500. The average Bonchev–Trinajstić information content (AvgIpc) is 2.47. The number of rotatable bonds is 1. The molecule has 0 aliphatic carbocycles. The highest BCUT2D eigenvalue weighted by atomic mass is 16.2. The number of carbonyl (C=O) groups is 1. The molecule has 0 unspecified atom stereocenters. The SMILES string of the molecule is Cc1nc2ccc(C(=O)N3CCCCCCC3)cc2nc1C. The van der Waals surface area contributed by atoms with Crippen LogP contribution in [0, 0.1) is 13.8 Å². The molecule has 1 aliphatic heterocycles. The highest BCUT2D eigenvalue weighted by Crippen LogP contribution is 2.18. The van der Waals surface area contributed by atoms with Crippen LogP contribution in [0.3, 0.4) is 0 Å². The summed E-state index contributed by atoms with van der Waals surface area (Å²) in [6, 6.07) is 5.68. The summed E-state index contributed by atoms with van der Waals surface area (Å²) in [6.45, 7) is 5.65.